The van der Waals surface area contributed by atoms with Crippen molar-refractivity contribution in [1.29, 1.82) is 0 Å². The van der Waals surface area contributed by atoms with Crippen LogP contribution in [0, 0.1) is 0 Å². The molecule has 0 spiro atoms. The van der Waals surface area contributed by atoms with E-state index in [1.165, 1.54) is 32.6 Å². The molecular weight excluding hydrogens is 699 g/mol. The fourth-order valence-corrected chi connectivity index (χ4v) is 8.61. The molecule has 0 fully saturated rings. The largest absolute Gasteiger partial charge is 0.456 e. The number of para-hydroxylation sites is 4. The Morgan fingerprint density at radius 3 is 1.63 bits per heavy atom. The molecule has 0 aliphatic rings. The lowest BCUT2D eigenvalue weighted by Crippen LogP contribution is -2.00. The number of fused-ring (bicyclic) bond motifs is 10. The monoisotopic (exact) mass is 729 g/mol. The summed E-state index contributed by atoms with van der Waals surface area (Å²) in [6.45, 7) is 0. The highest BCUT2D eigenvalue weighted by molar-refractivity contribution is 6.26. The molecule has 0 unspecified atom stereocenters. The van der Waals surface area contributed by atoms with Crippen molar-refractivity contribution in [3.05, 3.63) is 188 Å². The first-order valence-corrected chi connectivity index (χ1v) is 19.1. The molecule has 0 N–H and O–H groups in total. The van der Waals surface area contributed by atoms with Crippen LogP contribution in [0.25, 0.3) is 111 Å². The Morgan fingerprint density at radius 1 is 0.333 bits per heavy atom. The molecule has 0 saturated heterocycles. The van der Waals surface area contributed by atoms with Crippen LogP contribution in [0.1, 0.15) is 0 Å². The number of rotatable bonds is 5. The Morgan fingerprint density at radius 2 is 0.877 bits per heavy atom. The third kappa shape index (κ3) is 4.87. The Kier molecular flexibility index (Phi) is 6.83. The molecule has 0 radical (unpaired) electrons. The highest BCUT2D eigenvalue weighted by Gasteiger charge is 2.21. The number of hydrogen-bond acceptors (Lipinski definition) is 4. The van der Waals surface area contributed by atoms with Gasteiger partial charge >= 0.3 is 0 Å². The van der Waals surface area contributed by atoms with E-state index in [1.807, 2.05) is 60.7 Å². The molecule has 6 heteroatoms. The van der Waals surface area contributed by atoms with Gasteiger partial charge in [-0.3, -0.25) is 0 Å². The van der Waals surface area contributed by atoms with E-state index in [9.17, 15) is 0 Å². The Balaban J connectivity index is 1.03. The van der Waals surface area contributed by atoms with Crippen LogP contribution in [0.5, 0.6) is 0 Å². The summed E-state index contributed by atoms with van der Waals surface area (Å²) >= 11 is 0. The average Bonchev–Trinajstić information content (AvgIpc) is 3.94. The van der Waals surface area contributed by atoms with Crippen molar-refractivity contribution in [3.63, 3.8) is 0 Å². The van der Waals surface area contributed by atoms with Gasteiger partial charge in [-0.05, 0) is 78.9 Å². The summed E-state index contributed by atoms with van der Waals surface area (Å²) in [5.74, 6) is 1.84. The van der Waals surface area contributed by atoms with Gasteiger partial charge in [-0.1, -0.05) is 109 Å². The molecular formula is C51H31N5O. The number of furan rings is 1. The number of aromatic nitrogens is 5. The quantitative estimate of drug-likeness (QED) is 0.177. The lowest BCUT2D eigenvalue weighted by Gasteiger charge is -2.11. The second-order valence-electron chi connectivity index (χ2n) is 14.4. The van der Waals surface area contributed by atoms with Crippen LogP contribution in [0.4, 0.5) is 0 Å². The lowest BCUT2D eigenvalue weighted by atomic mass is 10.1. The van der Waals surface area contributed by atoms with Crippen LogP contribution in [0.15, 0.2) is 192 Å². The lowest BCUT2D eigenvalue weighted by molar-refractivity contribution is 0.669. The van der Waals surface area contributed by atoms with Crippen molar-refractivity contribution in [1.82, 2.24) is 24.1 Å². The fraction of sp³-hybridized carbons (Fsp3) is 0. The predicted molar refractivity (Wildman–Crippen MR) is 232 cm³/mol. The highest BCUT2D eigenvalue weighted by Crippen LogP contribution is 2.42. The van der Waals surface area contributed by atoms with E-state index in [-0.39, 0.29) is 0 Å². The van der Waals surface area contributed by atoms with Crippen molar-refractivity contribution in [2.45, 2.75) is 0 Å². The van der Waals surface area contributed by atoms with E-state index >= 15 is 0 Å². The van der Waals surface area contributed by atoms with Gasteiger partial charge in [0.2, 0.25) is 0 Å². The van der Waals surface area contributed by atoms with Crippen molar-refractivity contribution in [3.8, 4) is 45.5 Å². The van der Waals surface area contributed by atoms with E-state index in [2.05, 4.69) is 137 Å². The summed E-state index contributed by atoms with van der Waals surface area (Å²) in [7, 11) is 0. The van der Waals surface area contributed by atoms with Crippen molar-refractivity contribution in [2.24, 2.45) is 0 Å². The minimum absolute atomic E-state index is 0.607. The van der Waals surface area contributed by atoms with Crippen LogP contribution in [0.2, 0.25) is 0 Å². The van der Waals surface area contributed by atoms with Crippen molar-refractivity contribution < 1.29 is 4.42 Å². The molecule has 57 heavy (non-hydrogen) atoms. The number of hydrogen-bond donors (Lipinski definition) is 0. The van der Waals surface area contributed by atoms with E-state index in [1.54, 1.807) is 0 Å². The highest BCUT2D eigenvalue weighted by atomic mass is 16.3. The summed E-state index contributed by atoms with van der Waals surface area (Å²) < 4.78 is 10.9. The summed E-state index contributed by atoms with van der Waals surface area (Å²) in [5.41, 5.74) is 11.3. The molecule has 6 nitrogen and oxygen atoms in total. The zero-order chi connectivity index (χ0) is 37.5. The van der Waals surface area contributed by atoms with Gasteiger partial charge in [-0.15, -0.1) is 0 Å². The van der Waals surface area contributed by atoms with Gasteiger partial charge in [0.15, 0.2) is 17.5 Å². The van der Waals surface area contributed by atoms with Crippen LogP contribution in [-0.4, -0.2) is 24.1 Å². The molecule has 0 atom stereocenters. The Labute approximate surface area is 326 Å². The molecule has 12 aromatic rings. The van der Waals surface area contributed by atoms with Crippen LogP contribution in [0.3, 0.4) is 0 Å². The Hall–Kier alpha value is -7.83. The molecule has 4 aromatic heterocycles. The standard InChI is InChI=1S/C51H31N5O/c1-3-13-32(14-4-1)49-52-50(54-51(53-49)34-25-30-46-41(31-34)38-18-9-12-22-45(38)57-46)33-23-26-36(27-24-33)55-43-21-11-8-19-40(43)47-44(55)29-28-39-37-17-7-10-20-42(37)56(48(39)47)35-15-5-2-6-16-35/h1-31H. The predicted octanol–water partition coefficient (Wildman–Crippen LogP) is 13.0. The van der Waals surface area contributed by atoms with Gasteiger partial charge in [-0.2, -0.15) is 0 Å². The third-order valence-corrected chi connectivity index (χ3v) is 11.2. The van der Waals surface area contributed by atoms with E-state index in [4.69, 9.17) is 19.4 Å². The second-order valence-corrected chi connectivity index (χ2v) is 14.4. The maximum atomic E-state index is 6.13. The van der Waals surface area contributed by atoms with Gasteiger partial charge in [0.25, 0.3) is 0 Å². The molecule has 0 aliphatic carbocycles. The van der Waals surface area contributed by atoms with Crippen LogP contribution >= 0.6 is 0 Å². The maximum absolute atomic E-state index is 6.13. The minimum Gasteiger partial charge on any atom is -0.456 e. The zero-order valence-electron chi connectivity index (χ0n) is 30.5. The van der Waals surface area contributed by atoms with Crippen molar-refractivity contribution in [2.75, 3.05) is 0 Å². The topological polar surface area (TPSA) is 61.7 Å². The normalized spacial score (nSPS) is 11.9. The zero-order valence-corrected chi connectivity index (χ0v) is 30.5. The van der Waals surface area contributed by atoms with Crippen LogP contribution in [-0.2, 0) is 0 Å². The SMILES string of the molecule is c1ccc(-c2nc(-c3ccc(-n4c5ccccc5c5c4ccc4c6ccccc6n(-c6ccccc6)c45)cc3)nc(-c3ccc4oc5ccccc5c4c3)n2)cc1. The third-order valence-electron chi connectivity index (χ3n) is 11.2. The average molecular weight is 730 g/mol. The molecule has 266 valence electrons. The van der Waals surface area contributed by atoms with E-state index in [0.29, 0.717) is 17.5 Å². The Bertz CT molecular complexity index is 3510. The molecule has 0 bridgehead atoms. The smallest absolute Gasteiger partial charge is 0.164 e. The van der Waals surface area contributed by atoms with E-state index in [0.717, 1.165) is 61.0 Å². The molecule has 4 heterocycles. The number of benzene rings is 8. The minimum atomic E-state index is 0.607. The first-order valence-electron chi connectivity index (χ1n) is 19.1. The van der Waals surface area contributed by atoms with Gasteiger partial charge in [0, 0.05) is 60.4 Å². The second kappa shape index (κ2) is 12.3. The van der Waals surface area contributed by atoms with Gasteiger partial charge < -0.3 is 13.6 Å². The van der Waals surface area contributed by atoms with Gasteiger partial charge in [0.05, 0.1) is 22.1 Å². The molecule has 0 aliphatic heterocycles. The maximum Gasteiger partial charge on any atom is 0.164 e. The van der Waals surface area contributed by atoms with Gasteiger partial charge in [0.1, 0.15) is 11.2 Å². The first kappa shape index (κ1) is 31.5. The fourth-order valence-electron chi connectivity index (χ4n) is 8.61. The molecule has 12 rings (SSSR count). The summed E-state index contributed by atoms with van der Waals surface area (Å²) in [6, 6.07) is 65.6. The summed E-state index contributed by atoms with van der Waals surface area (Å²) in [5, 5.41) is 7.01. The summed E-state index contributed by atoms with van der Waals surface area (Å²) in [4.78, 5) is 15.1. The first-order chi connectivity index (χ1) is 28.3. The summed E-state index contributed by atoms with van der Waals surface area (Å²) in [6.07, 6.45) is 0. The molecule has 8 aromatic carbocycles. The van der Waals surface area contributed by atoms with Crippen molar-refractivity contribution >= 4 is 65.6 Å². The van der Waals surface area contributed by atoms with E-state index < -0.39 is 0 Å². The van der Waals surface area contributed by atoms with Crippen LogP contribution < -0.4 is 0 Å². The molecule has 0 saturated carbocycles. The number of nitrogens with zero attached hydrogens (tertiary/aromatic N) is 5. The van der Waals surface area contributed by atoms with Gasteiger partial charge in [-0.25, -0.2) is 15.0 Å². The molecule has 0 amide bonds.